The lowest BCUT2D eigenvalue weighted by Gasteiger charge is -2.40. The van der Waals surface area contributed by atoms with Crippen LogP contribution in [0.3, 0.4) is 0 Å². The molecule has 1 atom stereocenters. The quantitative estimate of drug-likeness (QED) is 0.891. The van der Waals surface area contributed by atoms with E-state index in [1.165, 1.54) is 0 Å². The first kappa shape index (κ1) is 18.4. The van der Waals surface area contributed by atoms with Gasteiger partial charge >= 0.3 is 6.09 Å². The molecule has 0 unspecified atom stereocenters. The van der Waals surface area contributed by atoms with Crippen molar-refractivity contribution in [2.45, 2.75) is 58.8 Å². The van der Waals surface area contributed by atoms with Crippen LogP contribution in [0.2, 0.25) is 0 Å². The van der Waals surface area contributed by atoms with E-state index in [0.717, 1.165) is 0 Å². The van der Waals surface area contributed by atoms with Crippen LogP contribution in [0.25, 0.3) is 0 Å². The molecule has 1 fully saturated rings. The molecule has 0 saturated carbocycles. The predicted octanol–water partition coefficient (Wildman–Crippen LogP) is 2.15. The van der Waals surface area contributed by atoms with Gasteiger partial charge in [0.2, 0.25) is 5.95 Å². The molecule has 1 aliphatic heterocycles. The van der Waals surface area contributed by atoms with E-state index in [2.05, 4.69) is 9.97 Å². The fraction of sp³-hybridized carbons (Fsp3) is 0.706. The molecule has 0 spiro atoms. The molecule has 24 heavy (non-hydrogen) atoms. The van der Waals surface area contributed by atoms with Crippen LogP contribution in [0.5, 0.6) is 0 Å². The Hall–Kier alpha value is -1.89. The summed E-state index contributed by atoms with van der Waals surface area (Å²) in [5.41, 5.74) is -0.780. The molecule has 134 valence electrons. The van der Waals surface area contributed by atoms with Crippen molar-refractivity contribution in [3.8, 4) is 0 Å². The maximum atomic E-state index is 12.2. The topological polar surface area (TPSA) is 78.8 Å². The van der Waals surface area contributed by atoms with Gasteiger partial charge in [0.1, 0.15) is 5.60 Å². The largest absolute Gasteiger partial charge is 0.444 e. The molecule has 7 nitrogen and oxygen atoms in total. The van der Waals surface area contributed by atoms with Crippen LogP contribution in [-0.2, 0) is 10.3 Å². The summed E-state index contributed by atoms with van der Waals surface area (Å²) < 4.78 is 5.45. The fourth-order valence-electron chi connectivity index (χ4n) is 2.53. The van der Waals surface area contributed by atoms with Gasteiger partial charge in [0.25, 0.3) is 0 Å². The van der Waals surface area contributed by atoms with E-state index in [0.29, 0.717) is 31.1 Å². The van der Waals surface area contributed by atoms with Crippen molar-refractivity contribution in [2.24, 2.45) is 0 Å². The maximum Gasteiger partial charge on any atom is 0.410 e. The Morgan fingerprint density at radius 2 is 1.79 bits per heavy atom. The Kier molecular flexibility index (Phi) is 5.03. The Balaban J connectivity index is 2.01. The summed E-state index contributed by atoms with van der Waals surface area (Å²) in [6.45, 7) is 12.8. The minimum Gasteiger partial charge on any atom is -0.444 e. The Morgan fingerprint density at radius 1 is 1.21 bits per heavy atom. The molecule has 2 rings (SSSR count). The van der Waals surface area contributed by atoms with Crippen molar-refractivity contribution in [3.05, 3.63) is 18.0 Å². The zero-order valence-electron chi connectivity index (χ0n) is 15.4. The van der Waals surface area contributed by atoms with Gasteiger partial charge in [-0.15, -0.1) is 0 Å². The van der Waals surface area contributed by atoms with E-state index < -0.39 is 11.2 Å². The Morgan fingerprint density at radius 3 is 2.25 bits per heavy atom. The summed E-state index contributed by atoms with van der Waals surface area (Å²) in [4.78, 5) is 24.7. The van der Waals surface area contributed by atoms with Crippen molar-refractivity contribution < 1.29 is 14.6 Å². The SMILES string of the molecule is C[C@@H]1CN(c2ncc(C(C)(C)O)cn2)CCN1C(=O)OC(C)(C)C. The number of anilines is 1. The number of nitrogens with zero attached hydrogens (tertiary/aromatic N) is 4. The van der Waals surface area contributed by atoms with Gasteiger partial charge in [-0.3, -0.25) is 0 Å². The zero-order chi connectivity index (χ0) is 18.1. The number of aromatic nitrogens is 2. The van der Waals surface area contributed by atoms with E-state index in [9.17, 15) is 9.90 Å². The van der Waals surface area contributed by atoms with Gasteiger partial charge in [0, 0.05) is 43.6 Å². The van der Waals surface area contributed by atoms with Crippen LogP contribution >= 0.6 is 0 Å². The van der Waals surface area contributed by atoms with Crippen LogP contribution in [0.4, 0.5) is 10.7 Å². The molecule has 1 N–H and O–H groups in total. The minimum absolute atomic E-state index is 0.00570. The second-order valence-electron chi connectivity index (χ2n) is 7.80. The number of carbonyl (C=O) groups excluding carboxylic acids is 1. The zero-order valence-corrected chi connectivity index (χ0v) is 15.4. The van der Waals surface area contributed by atoms with Crippen molar-refractivity contribution >= 4 is 12.0 Å². The second-order valence-corrected chi connectivity index (χ2v) is 7.80. The smallest absolute Gasteiger partial charge is 0.410 e. The first-order valence-electron chi connectivity index (χ1n) is 8.27. The lowest BCUT2D eigenvalue weighted by molar-refractivity contribution is 0.0158. The summed E-state index contributed by atoms with van der Waals surface area (Å²) in [5, 5.41) is 9.97. The highest BCUT2D eigenvalue weighted by atomic mass is 16.6. The molecule has 1 aliphatic rings. The standard InChI is InChI=1S/C17H28N4O3/c1-12-11-20(7-8-21(12)15(22)24-16(2,3)4)14-18-9-13(10-19-14)17(5,6)23/h9-10,12,23H,7-8,11H2,1-6H3/t12-/m1/s1. The molecule has 0 aromatic carbocycles. The van der Waals surface area contributed by atoms with Crippen LogP contribution in [-0.4, -0.2) is 57.3 Å². The summed E-state index contributed by atoms with van der Waals surface area (Å²) in [5.74, 6) is 0.610. The minimum atomic E-state index is -0.957. The number of piperazine rings is 1. The first-order valence-corrected chi connectivity index (χ1v) is 8.27. The number of aliphatic hydroxyl groups is 1. The van der Waals surface area contributed by atoms with Crippen molar-refractivity contribution in [2.75, 3.05) is 24.5 Å². The highest BCUT2D eigenvalue weighted by Gasteiger charge is 2.31. The number of carbonyl (C=O) groups is 1. The highest BCUT2D eigenvalue weighted by molar-refractivity contribution is 5.69. The van der Waals surface area contributed by atoms with Gasteiger partial charge in [-0.2, -0.15) is 0 Å². The third kappa shape index (κ3) is 4.56. The van der Waals surface area contributed by atoms with Crippen molar-refractivity contribution in [3.63, 3.8) is 0 Å². The predicted molar refractivity (Wildman–Crippen MR) is 91.9 cm³/mol. The van der Waals surface area contributed by atoms with Gasteiger partial charge < -0.3 is 19.6 Å². The molecular weight excluding hydrogens is 308 g/mol. The lowest BCUT2D eigenvalue weighted by Crippen LogP contribution is -2.55. The molecule has 1 aromatic heterocycles. The van der Waals surface area contributed by atoms with E-state index in [-0.39, 0.29) is 12.1 Å². The molecule has 1 aromatic rings. The van der Waals surface area contributed by atoms with E-state index in [4.69, 9.17) is 4.74 Å². The molecule has 0 radical (unpaired) electrons. The van der Waals surface area contributed by atoms with Crippen LogP contribution in [0, 0.1) is 0 Å². The van der Waals surface area contributed by atoms with Crippen molar-refractivity contribution in [1.29, 1.82) is 0 Å². The number of amides is 1. The van der Waals surface area contributed by atoms with Crippen LogP contribution < -0.4 is 4.90 Å². The normalized spacial score (nSPS) is 19.4. The number of ether oxygens (including phenoxy) is 1. The van der Waals surface area contributed by atoms with Gasteiger partial charge in [0.05, 0.1) is 5.60 Å². The molecule has 0 bridgehead atoms. The number of rotatable bonds is 2. The third-order valence-electron chi connectivity index (χ3n) is 3.88. The van der Waals surface area contributed by atoms with Gasteiger partial charge in [-0.25, -0.2) is 14.8 Å². The highest BCUT2D eigenvalue weighted by Crippen LogP contribution is 2.21. The Bertz CT molecular complexity index is 575. The van der Waals surface area contributed by atoms with Gasteiger partial charge in [-0.05, 0) is 41.5 Å². The van der Waals surface area contributed by atoms with Gasteiger partial charge in [0.15, 0.2) is 0 Å². The van der Waals surface area contributed by atoms with E-state index >= 15 is 0 Å². The number of hydrogen-bond donors (Lipinski definition) is 1. The maximum absolute atomic E-state index is 12.2. The summed E-state index contributed by atoms with van der Waals surface area (Å²) in [7, 11) is 0. The van der Waals surface area contributed by atoms with Crippen LogP contribution in [0.15, 0.2) is 12.4 Å². The molecule has 1 saturated heterocycles. The fourth-order valence-corrected chi connectivity index (χ4v) is 2.53. The third-order valence-corrected chi connectivity index (χ3v) is 3.88. The van der Waals surface area contributed by atoms with Gasteiger partial charge in [-0.1, -0.05) is 0 Å². The molecule has 7 heteroatoms. The molecular formula is C17H28N4O3. The first-order chi connectivity index (χ1) is 11.0. The van der Waals surface area contributed by atoms with E-state index in [1.54, 1.807) is 31.1 Å². The summed E-state index contributed by atoms with van der Waals surface area (Å²) >= 11 is 0. The molecule has 2 heterocycles. The summed E-state index contributed by atoms with van der Waals surface area (Å²) in [6.07, 6.45) is 3.01. The van der Waals surface area contributed by atoms with Crippen LogP contribution in [0.1, 0.15) is 47.1 Å². The van der Waals surface area contributed by atoms with Crippen molar-refractivity contribution in [1.82, 2.24) is 14.9 Å². The van der Waals surface area contributed by atoms with E-state index in [1.807, 2.05) is 32.6 Å². The molecule has 0 aliphatic carbocycles. The number of hydrogen-bond acceptors (Lipinski definition) is 6. The second kappa shape index (κ2) is 6.55. The lowest BCUT2D eigenvalue weighted by atomic mass is 10.0. The average Bonchev–Trinajstić information content (AvgIpc) is 2.44. The average molecular weight is 336 g/mol. The molecule has 1 amide bonds. The monoisotopic (exact) mass is 336 g/mol. The summed E-state index contributed by atoms with van der Waals surface area (Å²) in [6, 6.07) is 0.00570. The Labute approximate surface area is 143 Å².